The summed E-state index contributed by atoms with van der Waals surface area (Å²) < 4.78 is 15.4. The van der Waals surface area contributed by atoms with Gasteiger partial charge in [-0.1, -0.05) is 0 Å². The summed E-state index contributed by atoms with van der Waals surface area (Å²) in [5, 5.41) is 12.4. The molecule has 118 valence electrons. The molecule has 0 unspecified atom stereocenters. The van der Waals surface area contributed by atoms with Gasteiger partial charge in [0.1, 0.15) is 6.61 Å². The van der Waals surface area contributed by atoms with E-state index in [-0.39, 0.29) is 12.3 Å². The Hall–Kier alpha value is -2.97. The van der Waals surface area contributed by atoms with Crippen LogP contribution in [-0.2, 0) is 13.7 Å². The third-order valence-electron chi connectivity index (χ3n) is 3.81. The lowest BCUT2D eigenvalue weighted by Gasteiger charge is -2.12. The van der Waals surface area contributed by atoms with Crippen molar-refractivity contribution in [2.45, 2.75) is 25.4 Å². The van der Waals surface area contributed by atoms with Gasteiger partial charge < -0.3 is 4.74 Å². The molecule has 1 fully saturated rings. The molecule has 3 heterocycles. The molecule has 23 heavy (non-hydrogen) atoms. The van der Waals surface area contributed by atoms with E-state index in [0.717, 1.165) is 33.7 Å². The Bertz CT molecular complexity index is 941. The number of H-pyrrole nitrogens is 1. The van der Waals surface area contributed by atoms with E-state index in [9.17, 15) is 4.79 Å². The fourth-order valence-electron chi connectivity index (χ4n) is 2.49. The van der Waals surface area contributed by atoms with Crippen molar-refractivity contribution in [3.8, 4) is 11.7 Å². The monoisotopic (exact) mass is 315 g/mol. The molecule has 0 saturated heterocycles. The van der Waals surface area contributed by atoms with Gasteiger partial charge in [0.2, 0.25) is 5.88 Å². The number of hydrogen-bond acceptors (Lipinski definition) is 6. The molecule has 1 N–H and O–H groups in total. The van der Waals surface area contributed by atoms with Crippen LogP contribution in [0.15, 0.2) is 29.3 Å². The molecule has 0 spiro atoms. The van der Waals surface area contributed by atoms with E-state index >= 15 is 0 Å². The number of nitrogens with one attached hydrogen (secondary N) is 1. The standard InChI is InChI=1S/C14H15N7O2/c1-20-14(22)21(19-18-20)13-11(8-23-12-5-7-16-17-12)10(4-6-15-13)9-2-3-9/h4-7,9H,2-3,8H2,1H3,(H,16,17)/i/hT. The molecular weight excluding hydrogens is 298 g/mol. The van der Waals surface area contributed by atoms with Crippen molar-refractivity contribution in [3.05, 3.63) is 46.1 Å². The number of pyridine rings is 1. The van der Waals surface area contributed by atoms with Gasteiger partial charge in [0.15, 0.2) is 7.23 Å². The van der Waals surface area contributed by atoms with Crippen molar-refractivity contribution < 1.29 is 6.15 Å². The minimum absolute atomic E-state index is 0.190. The topological polar surface area (TPSA) is 104 Å². The van der Waals surface area contributed by atoms with Crippen LogP contribution in [0.1, 0.15) is 29.9 Å². The summed E-state index contributed by atoms with van der Waals surface area (Å²) in [6.07, 6.45) is 5.36. The second kappa shape index (κ2) is 5.34. The fourth-order valence-corrected chi connectivity index (χ4v) is 2.49. The first-order valence-corrected chi connectivity index (χ1v) is 7.28. The molecule has 9 nitrogen and oxygen atoms in total. The van der Waals surface area contributed by atoms with Gasteiger partial charge in [0.05, 0.1) is 0 Å². The lowest BCUT2D eigenvalue weighted by Crippen LogP contribution is -2.24. The maximum absolute atomic E-state index is 12.2. The van der Waals surface area contributed by atoms with Gasteiger partial charge in [-0.05, 0) is 40.8 Å². The van der Waals surface area contributed by atoms with E-state index in [4.69, 9.17) is 6.15 Å². The van der Waals surface area contributed by atoms with Crippen molar-refractivity contribution in [2.24, 2.45) is 7.05 Å². The Morgan fingerprint density at radius 2 is 2.30 bits per heavy atom. The number of rotatable bonds is 5. The Morgan fingerprint density at radius 3 is 2.96 bits per heavy atom. The Balaban J connectivity index is 1.74. The third-order valence-corrected chi connectivity index (χ3v) is 3.81. The predicted octanol–water partition coefficient (Wildman–Crippen LogP) is 0.540. The number of aromatic amines is 1. The van der Waals surface area contributed by atoms with Crippen LogP contribution < -0.4 is 10.4 Å². The van der Waals surface area contributed by atoms with Crippen molar-refractivity contribution in [1.29, 1.82) is 0 Å². The second-order valence-corrected chi connectivity index (χ2v) is 5.43. The summed E-state index contributed by atoms with van der Waals surface area (Å²) in [5.74, 6) is 1.21. The number of aryl methyl sites for hydroxylation is 1. The molecule has 0 bridgehead atoms. The molecule has 9 heteroatoms. The van der Waals surface area contributed by atoms with Gasteiger partial charge >= 0.3 is 5.69 Å². The highest BCUT2D eigenvalue weighted by Gasteiger charge is 2.29. The van der Waals surface area contributed by atoms with E-state index < -0.39 is 0 Å². The van der Waals surface area contributed by atoms with E-state index in [1.165, 1.54) is 17.9 Å². The number of nitrogens with zero attached hydrogens (tertiary/aromatic N) is 6. The summed E-state index contributed by atoms with van der Waals surface area (Å²) in [6.45, 7) is 0.190. The molecule has 0 atom stereocenters. The first kappa shape index (κ1) is 12.6. The zero-order valence-electron chi connectivity index (χ0n) is 13.5. The minimum Gasteiger partial charge on any atom is -0.472 e. The highest BCUT2D eigenvalue weighted by molar-refractivity contribution is 5.42. The van der Waals surface area contributed by atoms with Crippen LogP contribution in [0.3, 0.4) is 0 Å². The number of hydrogen-bond donors (Lipinski definition) is 1. The van der Waals surface area contributed by atoms with Gasteiger partial charge in [-0.3, -0.25) is 5.09 Å². The van der Waals surface area contributed by atoms with Crippen LogP contribution in [-0.4, -0.2) is 35.0 Å². The van der Waals surface area contributed by atoms with Crippen LogP contribution in [0.2, 0.25) is 1.41 Å². The minimum atomic E-state index is -0.368. The van der Waals surface area contributed by atoms with Gasteiger partial charge in [0, 0.05) is 31.1 Å². The third kappa shape index (κ3) is 2.50. The largest absolute Gasteiger partial charge is 0.472 e. The van der Waals surface area contributed by atoms with E-state index in [1.807, 2.05) is 6.07 Å². The Morgan fingerprint density at radius 1 is 1.43 bits per heavy atom. The smallest absolute Gasteiger partial charge is 0.369 e. The molecule has 3 aromatic rings. The highest BCUT2D eigenvalue weighted by atomic mass is 16.5. The average Bonchev–Trinajstić information content (AvgIpc) is 3.27. The van der Waals surface area contributed by atoms with Crippen molar-refractivity contribution in [2.75, 3.05) is 0 Å². The summed E-state index contributed by atoms with van der Waals surface area (Å²) in [5.41, 5.74) is 1.53. The van der Waals surface area contributed by atoms with Crippen molar-refractivity contribution in [3.63, 3.8) is 0 Å². The van der Waals surface area contributed by atoms with Gasteiger partial charge in [0.25, 0.3) is 0 Å². The van der Waals surface area contributed by atoms with E-state index in [1.54, 1.807) is 12.3 Å². The molecule has 0 aromatic carbocycles. The predicted molar refractivity (Wildman–Crippen MR) is 79.3 cm³/mol. The van der Waals surface area contributed by atoms with Crippen LogP contribution in [0, 0.1) is 0 Å². The summed E-state index contributed by atoms with van der Waals surface area (Å²) in [6, 6.07) is 3.55. The molecular formula is C14H15N7O2. The lowest BCUT2D eigenvalue weighted by atomic mass is 10.1. The van der Waals surface area contributed by atoms with Crippen molar-refractivity contribution in [1.82, 2.24) is 35.0 Å². The molecule has 4 rings (SSSR count). The SMILES string of the molecule is [3H]n1ccc(OCc2c(C3CC3)ccnc2-n2nnn(C)c2=O)n1. The molecule has 1 aliphatic rings. The molecule has 0 radical (unpaired) electrons. The zero-order valence-corrected chi connectivity index (χ0v) is 12.5. The number of aromatic nitrogens is 7. The van der Waals surface area contributed by atoms with E-state index in [0.29, 0.717) is 17.6 Å². The van der Waals surface area contributed by atoms with Crippen LogP contribution >= 0.6 is 0 Å². The van der Waals surface area contributed by atoms with Crippen molar-refractivity contribution >= 4 is 0 Å². The molecule has 3 aromatic heterocycles. The Kier molecular flexibility index (Phi) is 2.92. The quantitative estimate of drug-likeness (QED) is 0.737. The fraction of sp³-hybridized carbons (Fsp3) is 0.357. The number of ether oxygens (including phenoxy) is 1. The highest BCUT2D eigenvalue weighted by Crippen LogP contribution is 2.42. The zero-order chi connectivity index (χ0) is 16.7. The molecule has 0 aliphatic heterocycles. The maximum atomic E-state index is 12.2. The van der Waals surface area contributed by atoms with Gasteiger partial charge in [-0.25, -0.2) is 9.78 Å². The molecule has 1 saturated carbocycles. The Labute approximate surface area is 132 Å². The van der Waals surface area contributed by atoms with Crippen LogP contribution in [0.5, 0.6) is 5.88 Å². The van der Waals surface area contributed by atoms with Crippen LogP contribution in [0.4, 0.5) is 0 Å². The summed E-state index contributed by atoms with van der Waals surface area (Å²) in [7, 11) is 1.54. The summed E-state index contributed by atoms with van der Waals surface area (Å²) >= 11 is 0. The van der Waals surface area contributed by atoms with E-state index in [2.05, 4.69) is 20.5 Å². The maximum Gasteiger partial charge on any atom is 0.369 e. The summed E-state index contributed by atoms with van der Waals surface area (Å²) in [4.78, 5) is 16.5. The first-order chi connectivity index (χ1) is 11.6. The van der Waals surface area contributed by atoms with Crippen LogP contribution in [0.25, 0.3) is 5.82 Å². The van der Waals surface area contributed by atoms with Gasteiger partial charge in [-0.2, -0.15) is 4.68 Å². The lowest BCUT2D eigenvalue weighted by molar-refractivity contribution is 0.291. The molecule has 1 aliphatic carbocycles. The average molecular weight is 315 g/mol. The molecule has 0 amide bonds. The van der Waals surface area contributed by atoms with Gasteiger partial charge in [-0.15, -0.1) is 9.78 Å². The first-order valence-electron chi connectivity index (χ1n) is 7.73. The normalized spacial score (nSPS) is 14.7. The number of tetrazole rings is 1. The second-order valence-electron chi connectivity index (χ2n) is 5.43.